The Morgan fingerprint density at radius 1 is 1.56 bits per heavy atom. The Morgan fingerprint density at radius 3 is 3.00 bits per heavy atom. The zero-order valence-electron chi connectivity index (χ0n) is 9.86. The molecule has 0 amide bonds. The average Bonchev–Trinajstić information content (AvgIpc) is 2.84. The minimum absolute atomic E-state index is 0.0150. The summed E-state index contributed by atoms with van der Waals surface area (Å²) in [5, 5.41) is 2.92. The van der Waals surface area contributed by atoms with Crippen molar-refractivity contribution in [2.75, 3.05) is 13.7 Å². The maximum absolute atomic E-state index is 12.3. The Labute approximate surface area is 104 Å². The molecule has 4 nitrogen and oxygen atoms in total. The van der Waals surface area contributed by atoms with Gasteiger partial charge in [0.05, 0.1) is 6.61 Å². The van der Waals surface area contributed by atoms with Crippen LogP contribution in [0.4, 0.5) is 8.78 Å². The van der Waals surface area contributed by atoms with E-state index in [2.05, 4.69) is 10.1 Å². The Kier molecular flexibility index (Phi) is 4.51. The van der Waals surface area contributed by atoms with Gasteiger partial charge in [0.1, 0.15) is 5.75 Å². The second-order valence-corrected chi connectivity index (χ2v) is 3.90. The zero-order chi connectivity index (χ0) is 13.0. The van der Waals surface area contributed by atoms with Gasteiger partial charge in [-0.2, -0.15) is 8.78 Å². The van der Waals surface area contributed by atoms with Crippen molar-refractivity contribution < 1.29 is 23.2 Å². The molecule has 1 N–H and O–H groups in total. The van der Waals surface area contributed by atoms with E-state index in [0.29, 0.717) is 18.7 Å². The van der Waals surface area contributed by atoms with Crippen LogP contribution in [0.1, 0.15) is 16.9 Å². The molecule has 97 valence electrons. The molecule has 18 heavy (non-hydrogen) atoms. The number of benzene rings is 1. The van der Waals surface area contributed by atoms with Gasteiger partial charge in [-0.05, 0) is 18.7 Å². The summed E-state index contributed by atoms with van der Waals surface area (Å²) in [4.78, 5) is 9.50. The summed E-state index contributed by atoms with van der Waals surface area (Å²) in [5.74, 6) is 0.198. The highest BCUT2D eigenvalue weighted by Gasteiger charge is 2.23. The third-order valence-corrected chi connectivity index (χ3v) is 2.63. The molecule has 2 rings (SSSR count). The molecule has 0 aromatic heterocycles. The smallest absolute Gasteiger partial charge is 0.387 e. The normalized spacial score (nSPS) is 19.0. The molecule has 1 fully saturated rings. The molecule has 0 aliphatic carbocycles. The van der Waals surface area contributed by atoms with E-state index >= 15 is 0 Å². The van der Waals surface area contributed by atoms with Crippen molar-refractivity contribution in [2.45, 2.75) is 19.0 Å². The van der Waals surface area contributed by atoms with E-state index in [4.69, 9.17) is 9.69 Å². The summed E-state index contributed by atoms with van der Waals surface area (Å²) in [6.07, 6.45) is 0. The fourth-order valence-corrected chi connectivity index (χ4v) is 1.80. The van der Waals surface area contributed by atoms with Gasteiger partial charge in [0.15, 0.2) is 0 Å². The van der Waals surface area contributed by atoms with E-state index in [1.54, 1.807) is 26.7 Å². The number of ether oxygens (including phenoxy) is 1. The van der Waals surface area contributed by atoms with E-state index in [0.717, 1.165) is 5.56 Å². The number of halogens is 2. The number of alkyl halides is 2. The molecule has 1 saturated heterocycles. The molecule has 1 heterocycles. The standard InChI is InChI=1S/C11H13BF2NO3/c1-15-5-8-4-7(9-6-16-18-12-9)2-3-10(8)17-11(13)14/h2-4,9,11,15H,5-6H2,1H3. The van der Waals surface area contributed by atoms with E-state index in [-0.39, 0.29) is 11.6 Å². The van der Waals surface area contributed by atoms with Gasteiger partial charge in [-0.25, -0.2) is 0 Å². The largest absolute Gasteiger partial charge is 0.434 e. The zero-order valence-corrected chi connectivity index (χ0v) is 9.86. The lowest BCUT2D eigenvalue weighted by Crippen LogP contribution is -2.12. The predicted molar refractivity (Wildman–Crippen MR) is 61.4 cm³/mol. The van der Waals surface area contributed by atoms with E-state index in [9.17, 15) is 8.78 Å². The lowest BCUT2D eigenvalue weighted by Gasteiger charge is -2.13. The highest BCUT2D eigenvalue weighted by atomic mass is 19.3. The first-order chi connectivity index (χ1) is 8.70. The summed E-state index contributed by atoms with van der Waals surface area (Å²) in [6, 6.07) is 5.09. The fraction of sp³-hybridized carbons (Fsp3) is 0.455. The lowest BCUT2D eigenvalue weighted by atomic mass is 9.76. The minimum Gasteiger partial charge on any atom is -0.434 e. The van der Waals surface area contributed by atoms with Gasteiger partial charge in [-0.3, -0.25) is 4.89 Å². The van der Waals surface area contributed by atoms with Crippen molar-refractivity contribution in [3.63, 3.8) is 0 Å². The SMILES string of the molecule is CNCc1cc(C2[B]OOC2)ccc1OC(F)F. The maximum atomic E-state index is 12.3. The molecule has 1 aliphatic rings. The van der Waals surface area contributed by atoms with Crippen LogP contribution in [-0.4, -0.2) is 27.7 Å². The summed E-state index contributed by atoms with van der Waals surface area (Å²) >= 11 is 0. The van der Waals surface area contributed by atoms with Crippen molar-refractivity contribution in [1.82, 2.24) is 5.32 Å². The number of hydrogen-bond acceptors (Lipinski definition) is 4. The molecule has 1 aliphatic heterocycles. The molecule has 1 aromatic rings. The molecular weight excluding hydrogens is 243 g/mol. The molecule has 0 saturated carbocycles. The Balaban J connectivity index is 2.21. The van der Waals surface area contributed by atoms with Gasteiger partial charge in [0.25, 0.3) is 0 Å². The van der Waals surface area contributed by atoms with Gasteiger partial charge in [-0.15, -0.1) is 0 Å². The van der Waals surface area contributed by atoms with Crippen molar-refractivity contribution in [3.8, 4) is 5.75 Å². The predicted octanol–water partition coefficient (Wildman–Crippen LogP) is 1.63. The highest BCUT2D eigenvalue weighted by Crippen LogP contribution is 2.27. The van der Waals surface area contributed by atoms with Crippen LogP contribution in [0.15, 0.2) is 18.2 Å². The summed E-state index contributed by atoms with van der Waals surface area (Å²) in [5.41, 5.74) is 1.62. The number of hydrogen-bond donors (Lipinski definition) is 1. The number of rotatable bonds is 5. The van der Waals surface area contributed by atoms with Gasteiger partial charge in [0.2, 0.25) is 0 Å². The van der Waals surface area contributed by atoms with Crippen molar-refractivity contribution in [1.29, 1.82) is 0 Å². The minimum atomic E-state index is -2.82. The summed E-state index contributed by atoms with van der Waals surface area (Å²) in [6.45, 7) is -1.95. The molecule has 7 heteroatoms. The second kappa shape index (κ2) is 6.13. The topological polar surface area (TPSA) is 39.7 Å². The third-order valence-electron chi connectivity index (χ3n) is 2.63. The lowest BCUT2D eigenvalue weighted by molar-refractivity contribution is -0.183. The number of nitrogens with one attached hydrogen (secondary N) is 1. The maximum Gasteiger partial charge on any atom is 0.387 e. The van der Waals surface area contributed by atoms with Gasteiger partial charge < -0.3 is 14.9 Å². The van der Waals surface area contributed by atoms with Crippen molar-refractivity contribution >= 4 is 7.48 Å². The monoisotopic (exact) mass is 256 g/mol. The Morgan fingerprint density at radius 2 is 2.39 bits per heavy atom. The molecule has 1 aromatic carbocycles. The van der Waals surface area contributed by atoms with Crippen LogP contribution < -0.4 is 10.1 Å². The first kappa shape index (κ1) is 13.3. The van der Waals surface area contributed by atoms with Crippen LogP contribution >= 0.6 is 0 Å². The van der Waals surface area contributed by atoms with Crippen LogP contribution in [0.3, 0.4) is 0 Å². The first-order valence-electron chi connectivity index (χ1n) is 5.54. The van der Waals surface area contributed by atoms with E-state index < -0.39 is 6.61 Å². The fourth-order valence-electron chi connectivity index (χ4n) is 1.80. The molecule has 1 radical (unpaired) electrons. The van der Waals surface area contributed by atoms with Gasteiger partial charge >= 0.3 is 14.1 Å². The summed E-state index contributed by atoms with van der Waals surface area (Å²) in [7, 11) is 3.32. The van der Waals surface area contributed by atoms with Crippen molar-refractivity contribution in [3.05, 3.63) is 29.3 Å². The van der Waals surface area contributed by atoms with Crippen LogP contribution in [0.2, 0.25) is 0 Å². The van der Waals surface area contributed by atoms with Gasteiger partial charge in [0, 0.05) is 17.9 Å². The van der Waals surface area contributed by atoms with Crippen LogP contribution in [0, 0.1) is 0 Å². The van der Waals surface area contributed by atoms with Crippen LogP contribution in [-0.2, 0) is 16.2 Å². The van der Waals surface area contributed by atoms with Crippen molar-refractivity contribution in [2.24, 2.45) is 0 Å². The van der Waals surface area contributed by atoms with Crippen LogP contribution in [0.5, 0.6) is 5.75 Å². The molecule has 1 unspecified atom stereocenters. The highest BCUT2D eigenvalue weighted by molar-refractivity contribution is 6.30. The molecule has 0 spiro atoms. The third kappa shape index (κ3) is 3.19. The first-order valence-corrected chi connectivity index (χ1v) is 5.54. The van der Waals surface area contributed by atoms with E-state index in [1.165, 1.54) is 0 Å². The summed E-state index contributed by atoms with van der Waals surface area (Å²) < 4.78 is 29.0. The Hall–Kier alpha value is -1.18. The quantitative estimate of drug-likeness (QED) is 0.642. The molecule has 1 atom stereocenters. The molecular formula is C11H13BF2NO3. The van der Waals surface area contributed by atoms with Gasteiger partial charge in [-0.1, -0.05) is 12.1 Å². The average molecular weight is 256 g/mol. The van der Waals surface area contributed by atoms with E-state index in [1.807, 2.05) is 6.07 Å². The molecule has 0 bridgehead atoms. The van der Waals surface area contributed by atoms with Crippen LogP contribution in [0.25, 0.3) is 0 Å². The Bertz CT molecular complexity index is 400. The second-order valence-electron chi connectivity index (χ2n) is 3.90.